The summed E-state index contributed by atoms with van der Waals surface area (Å²) < 4.78 is 26.2. The minimum atomic E-state index is -3.54. The standard InChI is InChI=1S/C24H31Cl2N3O4S/c1-16-8-11-21(13-17(16)2)29(34(5,32)33)12-6-7-23(30)28(18(3)24(31)27-4)15-19-9-10-20(25)14-22(19)26/h8-11,13-14,18H,6-7,12,15H2,1-5H3,(H,27,31)/t18-/m0/s1. The first-order valence-corrected chi connectivity index (χ1v) is 13.5. The second-order valence-corrected chi connectivity index (χ2v) is 11.0. The fraction of sp³-hybridized carbons (Fsp3) is 0.417. The van der Waals surface area contributed by atoms with Gasteiger partial charge in [-0.25, -0.2) is 8.42 Å². The second-order valence-electron chi connectivity index (χ2n) is 8.25. The van der Waals surface area contributed by atoms with Gasteiger partial charge in [-0.3, -0.25) is 13.9 Å². The molecule has 1 atom stereocenters. The van der Waals surface area contributed by atoms with E-state index in [0.29, 0.717) is 21.3 Å². The van der Waals surface area contributed by atoms with Crippen LogP contribution in [0.4, 0.5) is 5.69 Å². The average molecular weight is 529 g/mol. The van der Waals surface area contributed by atoms with Gasteiger partial charge in [-0.05, 0) is 68.1 Å². The summed E-state index contributed by atoms with van der Waals surface area (Å²) in [7, 11) is -2.04. The first-order valence-electron chi connectivity index (χ1n) is 10.8. The summed E-state index contributed by atoms with van der Waals surface area (Å²) in [5.74, 6) is -0.595. The Labute approximate surface area is 212 Å². The SMILES string of the molecule is CNC(=O)[C@H](C)N(Cc1ccc(Cl)cc1Cl)C(=O)CCCN(c1ccc(C)c(C)c1)S(C)(=O)=O. The van der Waals surface area contributed by atoms with Gasteiger partial charge in [-0.15, -0.1) is 0 Å². The van der Waals surface area contributed by atoms with Gasteiger partial charge in [0.05, 0.1) is 11.9 Å². The van der Waals surface area contributed by atoms with Crippen LogP contribution < -0.4 is 9.62 Å². The van der Waals surface area contributed by atoms with Gasteiger partial charge in [-0.2, -0.15) is 0 Å². The van der Waals surface area contributed by atoms with E-state index < -0.39 is 16.1 Å². The van der Waals surface area contributed by atoms with E-state index in [0.717, 1.165) is 17.4 Å². The number of hydrogen-bond donors (Lipinski definition) is 1. The first-order chi connectivity index (χ1) is 15.8. The van der Waals surface area contributed by atoms with E-state index in [1.165, 1.54) is 16.3 Å². The number of amides is 2. The number of anilines is 1. The molecule has 0 aliphatic carbocycles. The highest BCUT2D eigenvalue weighted by molar-refractivity contribution is 7.92. The summed E-state index contributed by atoms with van der Waals surface area (Å²) in [5, 5.41) is 3.43. The van der Waals surface area contributed by atoms with Crippen molar-refractivity contribution in [2.75, 3.05) is 24.2 Å². The van der Waals surface area contributed by atoms with E-state index >= 15 is 0 Å². The third-order valence-corrected chi connectivity index (χ3v) is 7.48. The Morgan fingerprint density at radius 3 is 2.29 bits per heavy atom. The molecule has 2 aromatic carbocycles. The van der Waals surface area contributed by atoms with Gasteiger partial charge in [0.1, 0.15) is 6.04 Å². The summed E-state index contributed by atoms with van der Waals surface area (Å²) in [6.07, 6.45) is 1.49. The number of nitrogens with zero attached hydrogens (tertiary/aromatic N) is 2. The predicted molar refractivity (Wildman–Crippen MR) is 138 cm³/mol. The van der Waals surface area contributed by atoms with Crippen LogP contribution in [0.25, 0.3) is 0 Å². The quantitative estimate of drug-likeness (QED) is 0.498. The van der Waals surface area contributed by atoms with E-state index in [1.807, 2.05) is 26.0 Å². The molecule has 0 bridgehead atoms. The summed E-state index contributed by atoms with van der Waals surface area (Å²) >= 11 is 12.3. The maximum atomic E-state index is 13.2. The van der Waals surface area contributed by atoms with Crippen molar-refractivity contribution < 1.29 is 18.0 Å². The van der Waals surface area contributed by atoms with Crippen molar-refractivity contribution >= 4 is 50.7 Å². The molecule has 10 heteroatoms. The van der Waals surface area contributed by atoms with Crippen molar-refractivity contribution in [3.8, 4) is 0 Å². The number of aryl methyl sites for hydroxylation is 2. The molecule has 0 unspecified atom stereocenters. The Morgan fingerprint density at radius 1 is 1.06 bits per heavy atom. The van der Waals surface area contributed by atoms with Crippen molar-refractivity contribution in [2.45, 2.75) is 46.2 Å². The van der Waals surface area contributed by atoms with Gasteiger partial charge in [0.15, 0.2) is 0 Å². The average Bonchev–Trinajstić information content (AvgIpc) is 2.76. The smallest absolute Gasteiger partial charge is 0.242 e. The number of hydrogen-bond acceptors (Lipinski definition) is 4. The van der Waals surface area contributed by atoms with E-state index in [4.69, 9.17) is 23.2 Å². The number of likely N-dealkylation sites (N-methyl/N-ethyl adjacent to an activating group) is 1. The fourth-order valence-corrected chi connectivity index (χ4v) is 4.94. The van der Waals surface area contributed by atoms with Gasteiger partial charge in [0.2, 0.25) is 21.8 Å². The molecule has 186 valence electrons. The van der Waals surface area contributed by atoms with Gasteiger partial charge in [-0.1, -0.05) is 35.3 Å². The second kappa shape index (κ2) is 11.9. The number of rotatable bonds is 10. The Morgan fingerprint density at radius 2 is 1.74 bits per heavy atom. The molecule has 0 aliphatic rings. The third-order valence-electron chi connectivity index (χ3n) is 5.70. The van der Waals surface area contributed by atoms with Crippen LogP contribution in [0.2, 0.25) is 10.0 Å². The van der Waals surface area contributed by atoms with Crippen molar-refractivity contribution in [3.05, 3.63) is 63.1 Å². The first kappa shape index (κ1) is 28.0. The molecule has 0 heterocycles. The number of nitrogens with one attached hydrogen (secondary N) is 1. The summed E-state index contributed by atoms with van der Waals surface area (Å²) in [4.78, 5) is 26.9. The van der Waals surface area contributed by atoms with E-state index in [1.54, 1.807) is 31.2 Å². The number of halogens is 2. The zero-order valence-corrected chi connectivity index (χ0v) is 22.4. The Bertz CT molecular complexity index is 1150. The van der Waals surface area contributed by atoms with Crippen molar-refractivity contribution in [1.82, 2.24) is 10.2 Å². The largest absolute Gasteiger partial charge is 0.357 e. The lowest BCUT2D eigenvalue weighted by atomic mass is 10.1. The highest BCUT2D eigenvalue weighted by Gasteiger charge is 2.26. The number of benzene rings is 2. The maximum absolute atomic E-state index is 13.2. The zero-order valence-electron chi connectivity index (χ0n) is 20.1. The van der Waals surface area contributed by atoms with Gasteiger partial charge >= 0.3 is 0 Å². The molecule has 2 rings (SSSR count). The summed E-state index contributed by atoms with van der Waals surface area (Å²) in [5.41, 5.74) is 3.25. The van der Waals surface area contributed by atoms with Crippen LogP contribution in [0.5, 0.6) is 0 Å². The normalized spacial score (nSPS) is 12.2. The lowest BCUT2D eigenvalue weighted by Crippen LogP contribution is -2.46. The highest BCUT2D eigenvalue weighted by atomic mass is 35.5. The molecule has 0 saturated heterocycles. The van der Waals surface area contributed by atoms with Crippen LogP contribution in [0.15, 0.2) is 36.4 Å². The molecule has 0 saturated carbocycles. The number of carbonyl (C=O) groups is 2. The molecular weight excluding hydrogens is 497 g/mol. The Balaban J connectivity index is 2.19. The lowest BCUT2D eigenvalue weighted by molar-refractivity contribution is -0.140. The molecule has 0 fully saturated rings. The minimum absolute atomic E-state index is 0.0589. The lowest BCUT2D eigenvalue weighted by Gasteiger charge is -2.29. The Hall–Kier alpha value is -2.29. The number of carbonyl (C=O) groups excluding carboxylic acids is 2. The van der Waals surface area contributed by atoms with Crippen LogP contribution in [0.1, 0.15) is 36.5 Å². The molecule has 0 spiro atoms. The third kappa shape index (κ3) is 7.35. The fourth-order valence-electron chi connectivity index (χ4n) is 3.51. The van der Waals surface area contributed by atoms with Crippen molar-refractivity contribution in [1.29, 1.82) is 0 Å². The molecule has 2 amide bonds. The van der Waals surface area contributed by atoms with Crippen LogP contribution >= 0.6 is 23.2 Å². The van der Waals surface area contributed by atoms with Crippen LogP contribution in [-0.4, -0.2) is 51.0 Å². The molecule has 2 aromatic rings. The monoisotopic (exact) mass is 527 g/mol. The zero-order chi connectivity index (χ0) is 25.6. The maximum Gasteiger partial charge on any atom is 0.242 e. The van der Waals surface area contributed by atoms with E-state index in [9.17, 15) is 18.0 Å². The molecule has 0 aromatic heterocycles. The highest BCUT2D eigenvalue weighted by Crippen LogP contribution is 2.25. The Kier molecular flexibility index (Phi) is 9.79. The van der Waals surface area contributed by atoms with E-state index in [2.05, 4.69) is 5.32 Å². The molecular formula is C24H31Cl2N3O4S. The molecule has 34 heavy (non-hydrogen) atoms. The predicted octanol–water partition coefficient (Wildman–Crippen LogP) is 4.32. The van der Waals surface area contributed by atoms with Crippen molar-refractivity contribution in [2.24, 2.45) is 0 Å². The van der Waals surface area contributed by atoms with Crippen molar-refractivity contribution in [3.63, 3.8) is 0 Å². The topological polar surface area (TPSA) is 86.8 Å². The van der Waals surface area contributed by atoms with Gasteiger partial charge in [0, 0.05) is 36.6 Å². The van der Waals surface area contributed by atoms with Crippen LogP contribution in [0, 0.1) is 13.8 Å². The number of sulfonamides is 1. The summed E-state index contributed by atoms with van der Waals surface area (Å²) in [6.45, 7) is 5.77. The van der Waals surface area contributed by atoms with Gasteiger partial charge in [0.25, 0.3) is 0 Å². The summed E-state index contributed by atoms with van der Waals surface area (Å²) in [6, 6.07) is 9.68. The molecule has 0 aliphatic heterocycles. The molecule has 1 N–H and O–H groups in total. The van der Waals surface area contributed by atoms with Gasteiger partial charge < -0.3 is 10.2 Å². The molecule has 0 radical (unpaired) electrons. The van der Waals surface area contributed by atoms with Crippen LogP contribution in [-0.2, 0) is 26.2 Å². The van der Waals surface area contributed by atoms with Crippen LogP contribution in [0.3, 0.4) is 0 Å². The minimum Gasteiger partial charge on any atom is -0.357 e. The molecule has 7 nitrogen and oxygen atoms in total. The van der Waals surface area contributed by atoms with E-state index in [-0.39, 0.29) is 37.7 Å².